The maximum Gasteiger partial charge on any atom is 0.243 e. The van der Waals surface area contributed by atoms with Crippen molar-refractivity contribution in [1.29, 1.82) is 0 Å². The van der Waals surface area contributed by atoms with Crippen molar-refractivity contribution in [3.63, 3.8) is 0 Å². The SMILES string of the molecule is CC(C)C[C@@H]1NC(=O)[C@@H](NC(=O)[C@@H](CCc2ccccc2)NC(=O)[C@@H](N)CO)CCCCNC(=O)C[C@@H](C(N)=O)NC(=O)[C@H](Cc2ccccc2)NC1=O. The molecule has 2 aromatic carbocycles. The average molecular weight is 751 g/mol. The van der Waals surface area contributed by atoms with E-state index in [4.69, 9.17) is 11.5 Å². The van der Waals surface area contributed by atoms with Crippen molar-refractivity contribution in [1.82, 2.24) is 31.9 Å². The number of primary amides is 1. The summed E-state index contributed by atoms with van der Waals surface area (Å²) >= 11 is 0. The fourth-order valence-corrected chi connectivity index (χ4v) is 5.89. The molecule has 2 aromatic rings. The van der Waals surface area contributed by atoms with E-state index in [0.29, 0.717) is 24.8 Å². The van der Waals surface area contributed by atoms with Crippen molar-refractivity contribution >= 4 is 41.4 Å². The molecule has 0 spiro atoms. The molecule has 0 aliphatic carbocycles. The van der Waals surface area contributed by atoms with E-state index in [-0.39, 0.29) is 38.1 Å². The van der Waals surface area contributed by atoms with Gasteiger partial charge in [-0.3, -0.25) is 33.6 Å². The van der Waals surface area contributed by atoms with Gasteiger partial charge in [0, 0.05) is 13.0 Å². The first-order valence-electron chi connectivity index (χ1n) is 18.3. The number of aryl methyl sites for hydroxylation is 1. The molecule has 11 N–H and O–H groups in total. The summed E-state index contributed by atoms with van der Waals surface area (Å²) in [6.45, 7) is 3.22. The van der Waals surface area contributed by atoms with Crippen LogP contribution in [0.4, 0.5) is 0 Å². The van der Waals surface area contributed by atoms with Gasteiger partial charge in [-0.15, -0.1) is 0 Å². The Balaban J connectivity index is 1.92. The lowest BCUT2D eigenvalue weighted by Gasteiger charge is -2.28. The van der Waals surface area contributed by atoms with E-state index < -0.39 is 90.6 Å². The third kappa shape index (κ3) is 14.6. The number of aliphatic hydroxyl groups excluding tert-OH is 1. The summed E-state index contributed by atoms with van der Waals surface area (Å²) in [7, 11) is 0. The maximum atomic E-state index is 14.0. The summed E-state index contributed by atoms with van der Waals surface area (Å²) in [5.74, 6) is -5.10. The summed E-state index contributed by atoms with van der Waals surface area (Å²) in [4.78, 5) is 93.0. The Morgan fingerprint density at radius 1 is 0.833 bits per heavy atom. The number of carbonyl (C=O) groups is 7. The number of hydrogen-bond acceptors (Lipinski definition) is 9. The van der Waals surface area contributed by atoms with Crippen LogP contribution in [0.1, 0.15) is 63.5 Å². The number of hydrogen-bond donors (Lipinski definition) is 9. The van der Waals surface area contributed by atoms with Crippen LogP contribution in [0.15, 0.2) is 60.7 Å². The molecule has 7 amide bonds. The number of benzene rings is 2. The third-order valence-electron chi connectivity index (χ3n) is 8.91. The third-order valence-corrected chi connectivity index (χ3v) is 8.91. The van der Waals surface area contributed by atoms with Gasteiger partial charge in [0.2, 0.25) is 41.4 Å². The molecule has 294 valence electrons. The van der Waals surface area contributed by atoms with Gasteiger partial charge in [-0.05, 0) is 55.6 Å². The van der Waals surface area contributed by atoms with Crippen molar-refractivity contribution in [2.24, 2.45) is 17.4 Å². The Kier molecular flexibility index (Phi) is 17.5. The van der Waals surface area contributed by atoms with Gasteiger partial charge in [0.25, 0.3) is 0 Å². The van der Waals surface area contributed by atoms with Crippen LogP contribution < -0.4 is 43.4 Å². The maximum absolute atomic E-state index is 14.0. The minimum atomic E-state index is -1.35. The fourth-order valence-electron chi connectivity index (χ4n) is 5.89. The highest BCUT2D eigenvalue weighted by atomic mass is 16.3. The van der Waals surface area contributed by atoms with Crippen LogP contribution >= 0.6 is 0 Å². The van der Waals surface area contributed by atoms with Gasteiger partial charge in [-0.25, -0.2) is 0 Å². The molecular weight excluding hydrogens is 696 g/mol. The lowest BCUT2D eigenvalue weighted by molar-refractivity contribution is -0.135. The molecule has 0 unspecified atom stereocenters. The quantitative estimate of drug-likeness (QED) is 0.119. The summed E-state index contributed by atoms with van der Waals surface area (Å²) < 4.78 is 0. The normalized spacial score (nSPS) is 21.6. The molecule has 3 rings (SSSR count). The molecule has 1 aliphatic rings. The molecule has 6 atom stereocenters. The number of nitrogens with two attached hydrogens (primary N) is 2. The van der Waals surface area contributed by atoms with Gasteiger partial charge >= 0.3 is 0 Å². The van der Waals surface area contributed by atoms with Crippen LogP contribution in [0.5, 0.6) is 0 Å². The van der Waals surface area contributed by atoms with Crippen molar-refractivity contribution in [2.75, 3.05) is 13.2 Å². The highest BCUT2D eigenvalue weighted by molar-refractivity contribution is 5.97. The van der Waals surface area contributed by atoms with Crippen molar-refractivity contribution in [3.8, 4) is 0 Å². The molecule has 54 heavy (non-hydrogen) atoms. The Bertz CT molecular complexity index is 1580. The zero-order valence-electron chi connectivity index (χ0n) is 30.8. The first-order chi connectivity index (χ1) is 25.8. The summed E-state index contributed by atoms with van der Waals surface area (Å²) in [5, 5.41) is 25.4. The number of carbonyl (C=O) groups excluding carboxylic acids is 7. The van der Waals surface area contributed by atoms with Gasteiger partial charge in [-0.2, -0.15) is 0 Å². The van der Waals surface area contributed by atoms with Crippen LogP contribution in [0, 0.1) is 5.92 Å². The molecule has 0 bridgehead atoms. The zero-order valence-corrected chi connectivity index (χ0v) is 30.8. The summed E-state index contributed by atoms with van der Waals surface area (Å²) in [6.07, 6.45) is 1.11. The second kappa shape index (κ2) is 22.0. The highest BCUT2D eigenvalue weighted by Gasteiger charge is 2.33. The molecule has 0 aromatic heterocycles. The number of rotatable bonds is 13. The van der Waals surface area contributed by atoms with Crippen LogP contribution in [0.2, 0.25) is 0 Å². The lowest BCUT2D eigenvalue weighted by Crippen LogP contribution is -2.60. The van der Waals surface area contributed by atoms with Gasteiger partial charge in [0.05, 0.1) is 13.0 Å². The Morgan fingerprint density at radius 3 is 2.06 bits per heavy atom. The second-order valence-electron chi connectivity index (χ2n) is 13.9. The molecule has 16 nitrogen and oxygen atoms in total. The first-order valence-corrected chi connectivity index (χ1v) is 18.3. The largest absolute Gasteiger partial charge is 0.394 e. The van der Waals surface area contributed by atoms with Gasteiger partial charge < -0.3 is 48.5 Å². The number of amides is 7. The van der Waals surface area contributed by atoms with E-state index in [1.165, 1.54) is 0 Å². The lowest BCUT2D eigenvalue weighted by atomic mass is 9.99. The summed E-state index contributed by atoms with van der Waals surface area (Å²) in [5.41, 5.74) is 12.9. The fraction of sp³-hybridized carbons (Fsp3) is 0.500. The van der Waals surface area contributed by atoms with Crippen LogP contribution in [0.3, 0.4) is 0 Å². The molecule has 1 aliphatic heterocycles. The minimum Gasteiger partial charge on any atom is -0.394 e. The van der Waals surface area contributed by atoms with E-state index in [2.05, 4.69) is 31.9 Å². The molecule has 16 heteroatoms. The number of nitrogens with one attached hydrogen (secondary N) is 6. The Labute approximate surface area is 315 Å². The van der Waals surface area contributed by atoms with E-state index >= 15 is 0 Å². The van der Waals surface area contributed by atoms with Crippen LogP contribution in [-0.2, 0) is 46.4 Å². The topological polar surface area (TPSA) is 264 Å². The van der Waals surface area contributed by atoms with Gasteiger partial charge in [0.15, 0.2) is 0 Å². The van der Waals surface area contributed by atoms with Gasteiger partial charge in [0.1, 0.15) is 36.3 Å². The molecule has 1 fully saturated rings. The highest BCUT2D eigenvalue weighted by Crippen LogP contribution is 2.12. The van der Waals surface area contributed by atoms with Crippen molar-refractivity contribution < 1.29 is 38.7 Å². The van der Waals surface area contributed by atoms with E-state index in [0.717, 1.165) is 5.56 Å². The molecule has 0 saturated carbocycles. The summed E-state index contributed by atoms with van der Waals surface area (Å²) in [6, 6.07) is 10.8. The van der Waals surface area contributed by atoms with E-state index in [1.807, 2.05) is 44.2 Å². The standard InChI is InChI=1S/C38H54N8O8/c1-23(2)19-30-37(53)46-31(20-25-13-7-4-8-14-25)38(54)44-29(33(40)49)21-32(48)41-18-10-9-15-27(35(51)45-30)43-36(52)28(42-34(50)26(39)22-47)17-16-24-11-5-3-6-12-24/h3-8,11-14,23,26-31,47H,9-10,15-22,39H2,1-2H3,(H2,40,49)(H,41,48)(H,42,50)(H,43,52)(H,44,54)(H,45,51)(H,46,53)/t26-,27-,28+,29-,30-,31-/m0/s1. The minimum absolute atomic E-state index is 0.0210. The first kappa shape index (κ1) is 43.1. The Hall–Kier alpha value is -5.35. The smallest absolute Gasteiger partial charge is 0.243 e. The molecular formula is C38H54N8O8. The number of aliphatic hydroxyl groups is 1. The second-order valence-corrected chi connectivity index (χ2v) is 13.9. The molecule has 1 heterocycles. The predicted octanol–water partition coefficient (Wildman–Crippen LogP) is -1.17. The molecule has 1 saturated heterocycles. The monoisotopic (exact) mass is 750 g/mol. The predicted molar refractivity (Wildman–Crippen MR) is 200 cm³/mol. The Morgan fingerprint density at radius 2 is 1.44 bits per heavy atom. The van der Waals surface area contributed by atoms with E-state index in [1.54, 1.807) is 30.3 Å². The van der Waals surface area contributed by atoms with Crippen LogP contribution in [0.25, 0.3) is 0 Å². The van der Waals surface area contributed by atoms with Gasteiger partial charge in [-0.1, -0.05) is 74.5 Å². The zero-order chi connectivity index (χ0) is 39.6. The molecule has 0 radical (unpaired) electrons. The average Bonchev–Trinajstić information content (AvgIpc) is 3.14. The van der Waals surface area contributed by atoms with E-state index in [9.17, 15) is 38.7 Å². The van der Waals surface area contributed by atoms with Crippen LogP contribution in [-0.4, -0.2) is 95.9 Å². The van der Waals surface area contributed by atoms with Crippen molar-refractivity contribution in [2.45, 2.75) is 101 Å². The van der Waals surface area contributed by atoms with Crippen molar-refractivity contribution in [3.05, 3.63) is 71.8 Å².